The van der Waals surface area contributed by atoms with Crippen molar-refractivity contribution in [1.29, 1.82) is 0 Å². The Bertz CT molecular complexity index is 644. The maximum Gasteiger partial charge on any atom is 0.251 e. The monoisotopic (exact) mass is 314 g/mol. The zero-order valence-electron chi connectivity index (χ0n) is 13.6. The van der Waals surface area contributed by atoms with Crippen LogP contribution in [0.3, 0.4) is 0 Å². The van der Waals surface area contributed by atoms with Crippen LogP contribution in [-0.4, -0.2) is 29.1 Å². The lowest BCUT2D eigenvalue weighted by atomic mass is 9.83. The quantitative estimate of drug-likeness (QED) is 0.764. The first-order valence-corrected chi connectivity index (χ1v) is 8.72. The molecule has 2 aromatic rings. The SMILES string of the molecule is O=C(NC[C@H](CO)CC1CCCCC1)c1ccc2cc[nH]c2c1. The van der Waals surface area contributed by atoms with Gasteiger partial charge in [-0.05, 0) is 41.8 Å². The third-order valence-corrected chi connectivity index (χ3v) is 5.02. The van der Waals surface area contributed by atoms with Crippen LogP contribution in [0.2, 0.25) is 0 Å². The van der Waals surface area contributed by atoms with Crippen molar-refractivity contribution in [3.05, 3.63) is 36.0 Å². The minimum absolute atomic E-state index is 0.0661. The molecule has 1 aliphatic rings. The number of aliphatic hydroxyl groups excluding tert-OH is 1. The van der Waals surface area contributed by atoms with E-state index in [2.05, 4.69) is 10.3 Å². The van der Waals surface area contributed by atoms with E-state index >= 15 is 0 Å². The molecule has 3 rings (SSSR count). The van der Waals surface area contributed by atoms with E-state index in [4.69, 9.17) is 0 Å². The highest BCUT2D eigenvalue weighted by Crippen LogP contribution is 2.28. The molecular weight excluding hydrogens is 288 g/mol. The first-order chi connectivity index (χ1) is 11.3. The van der Waals surface area contributed by atoms with Gasteiger partial charge in [-0.25, -0.2) is 0 Å². The number of rotatable bonds is 6. The molecule has 1 aromatic carbocycles. The number of aliphatic hydroxyl groups is 1. The Hall–Kier alpha value is -1.81. The summed E-state index contributed by atoms with van der Waals surface area (Å²) in [5, 5.41) is 13.7. The molecule has 1 aliphatic carbocycles. The number of nitrogens with one attached hydrogen (secondary N) is 2. The molecule has 4 nitrogen and oxygen atoms in total. The van der Waals surface area contributed by atoms with Crippen LogP contribution in [-0.2, 0) is 0 Å². The Balaban J connectivity index is 1.53. The van der Waals surface area contributed by atoms with E-state index in [0.717, 1.165) is 17.3 Å². The van der Waals surface area contributed by atoms with Crippen LogP contribution >= 0.6 is 0 Å². The molecule has 1 fully saturated rings. The Morgan fingerprint density at radius 3 is 2.87 bits per heavy atom. The van der Waals surface area contributed by atoms with Crippen molar-refractivity contribution in [1.82, 2.24) is 10.3 Å². The van der Waals surface area contributed by atoms with Gasteiger partial charge in [-0.15, -0.1) is 0 Å². The van der Waals surface area contributed by atoms with Crippen molar-refractivity contribution in [2.24, 2.45) is 11.8 Å². The van der Waals surface area contributed by atoms with Crippen LogP contribution < -0.4 is 5.32 Å². The maximum atomic E-state index is 12.3. The fraction of sp³-hybridized carbons (Fsp3) is 0.526. The van der Waals surface area contributed by atoms with Gasteiger partial charge in [0.05, 0.1) is 0 Å². The van der Waals surface area contributed by atoms with E-state index in [-0.39, 0.29) is 18.4 Å². The summed E-state index contributed by atoms with van der Waals surface area (Å²) in [6.45, 7) is 0.695. The van der Waals surface area contributed by atoms with Gasteiger partial charge in [-0.2, -0.15) is 0 Å². The predicted octanol–water partition coefficient (Wildman–Crippen LogP) is 3.48. The second-order valence-electron chi connectivity index (χ2n) is 6.78. The van der Waals surface area contributed by atoms with E-state index in [1.54, 1.807) is 0 Å². The second-order valence-corrected chi connectivity index (χ2v) is 6.78. The van der Waals surface area contributed by atoms with Crippen LogP contribution in [0.25, 0.3) is 10.9 Å². The molecule has 0 radical (unpaired) electrons. The van der Waals surface area contributed by atoms with Crippen molar-refractivity contribution in [2.45, 2.75) is 38.5 Å². The number of benzene rings is 1. The molecule has 1 heterocycles. The zero-order valence-corrected chi connectivity index (χ0v) is 13.6. The van der Waals surface area contributed by atoms with E-state index in [1.165, 1.54) is 32.1 Å². The lowest BCUT2D eigenvalue weighted by molar-refractivity contribution is 0.0933. The number of hydrogen-bond donors (Lipinski definition) is 3. The molecule has 1 amide bonds. The fourth-order valence-electron chi connectivity index (χ4n) is 3.64. The van der Waals surface area contributed by atoms with Crippen molar-refractivity contribution in [2.75, 3.05) is 13.2 Å². The molecule has 0 bridgehead atoms. The predicted molar refractivity (Wildman–Crippen MR) is 92.4 cm³/mol. The highest BCUT2D eigenvalue weighted by atomic mass is 16.3. The number of H-pyrrole nitrogens is 1. The highest BCUT2D eigenvalue weighted by Gasteiger charge is 2.19. The van der Waals surface area contributed by atoms with E-state index in [0.29, 0.717) is 18.0 Å². The number of fused-ring (bicyclic) bond motifs is 1. The van der Waals surface area contributed by atoms with Gasteiger partial charge in [0.2, 0.25) is 0 Å². The number of hydrogen-bond acceptors (Lipinski definition) is 2. The topological polar surface area (TPSA) is 65.1 Å². The van der Waals surface area contributed by atoms with Crippen LogP contribution in [0.15, 0.2) is 30.5 Å². The molecule has 0 saturated heterocycles. The van der Waals surface area contributed by atoms with Gasteiger partial charge in [-0.3, -0.25) is 4.79 Å². The number of carbonyl (C=O) groups excluding carboxylic acids is 1. The normalized spacial score (nSPS) is 17.3. The third kappa shape index (κ3) is 4.14. The van der Waals surface area contributed by atoms with Crippen molar-refractivity contribution >= 4 is 16.8 Å². The molecule has 124 valence electrons. The van der Waals surface area contributed by atoms with E-state index in [9.17, 15) is 9.90 Å². The van der Waals surface area contributed by atoms with Crippen LogP contribution in [0.4, 0.5) is 0 Å². The largest absolute Gasteiger partial charge is 0.396 e. The second kappa shape index (κ2) is 7.64. The van der Waals surface area contributed by atoms with Gasteiger partial charge in [0.15, 0.2) is 0 Å². The molecule has 0 unspecified atom stereocenters. The van der Waals surface area contributed by atoms with Gasteiger partial charge in [0, 0.05) is 30.4 Å². The number of amides is 1. The summed E-state index contributed by atoms with van der Waals surface area (Å²) < 4.78 is 0. The first-order valence-electron chi connectivity index (χ1n) is 8.72. The number of carbonyl (C=O) groups is 1. The Morgan fingerprint density at radius 1 is 1.26 bits per heavy atom. The minimum Gasteiger partial charge on any atom is -0.396 e. The number of aromatic amines is 1. The standard InChI is InChI=1S/C19H26N2O2/c22-13-15(10-14-4-2-1-3-5-14)12-21-19(23)17-7-6-16-8-9-20-18(16)11-17/h6-9,11,14-15,20,22H,1-5,10,12-13H2,(H,21,23)/t15-/m1/s1. The molecule has 1 aromatic heterocycles. The summed E-state index contributed by atoms with van der Waals surface area (Å²) in [6.07, 6.45) is 9.40. The lowest BCUT2D eigenvalue weighted by Gasteiger charge is -2.25. The third-order valence-electron chi connectivity index (χ3n) is 5.02. The zero-order chi connectivity index (χ0) is 16.1. The summed E-state index contributed by atoms with van der Waals surface area (Å²) in [6, 6.07) is 7.66. The van der Waals surface area contributed by atoms with Crippen molar-refractivity contribution < 1.29 is 9.90 Å². The summed E-state index contributed by atoms with van der Waals surface area (Å²) in [7, 11) is 0. The van der Waals surface area contributed by atoms with E-state index in [1.807, 2.05) is 30.5 Å². The summed E-state index contributed by atoms with van der Waals surface area (Å²) in [4.78, 5) is 15.4. The van der Waals surface area contributed by atoms with Gasteiger partial charge >= 0.3 is 0 Å². The molecule has 3 N–H and O–H groups in total. The van der Waals surface area contributed by atoms with Crippen molar-refractivity contribution in [3.8, 4) is 0 Å². The Labute approximate surface area is 137 Å². The van der Waals surface area contributed by atoms with Gasteiger partial charge in [0.1, 0.15) is 0 Å². The van der Waals surface area contributed by atoms with E-state index < -0.39 is 0 Å². The molecular formula is C19H26N2O2. The average Bonchev–Trinajstić information content (AvgIpc) is 3.06. The van der Waals surface area contributed by atoms with Crippen LogP contribution in [0, 0.1) is 11.8 Å². The van der Waals surface area contributed by atoms with Crippen LogP contribution in [0.5, 0.6) is 0 Å². The molecule has 0 aliphatic heterocycles. The summed E-state index contributed by atoms with van der Waals surface area (Å²) in [5.41, 5.74) is 1.63. The molecule has 1 saturated carbocycles. The first kappa shape index (κ1) is 16.1. The lowest BCUT2D eigenvalue weighted by Crippen LogP contribution is -2.32. The van der Waals surface area contributed by atoms with Gasteiger partial charge in [-0.1, -0.05) is 38.2 Å². The minimum atomic E-state index is -0.0661. The Kier molecular flexibility index (Phi) is 5.34. The fourth-order valence-corrected chi connectivity index (χ4v) is 3.64. The van der Waals surface area contributed by atoms with Gasteiger partial charge in [0.25, 0.3) is 5.91 Å². The smallest absolute Gasteiger partial charge is 0.251 e. The summed E-state index contributed by atoms with van der Waals surface area (Å²) >= 11 is 0. The molecule has 1 atom stereocenters. The van der Waals surface area contributed by atoms with Gasteiger partial charge < -0.3 is 15.4 Å². The van der Waals surface area contributed by atoms with Crippen LogP contribution in [0.1, 0.15) is 48.9 Å². The van der Waals surface area contributed by atoms with Crippen molar-refractivity contribution in [3.63, 3.8) is 0 Å². The Morgan fingerprint density at radius 2 is 2.09 bits per heavy atom. The average molecular weight is 314 g/mol. The summed E-state index contributed by atoms with van der Waals surface area (Å²) in [5.74, 6) is 0.813. The molecule has 23 heavy (non-hydrogen) atoms. The maximum absolute atomic E-state index is 12.3. The molecule has 0 spiro atoms. The highest BCUT2D eigenvalue weighted by molar-refractivity contribution is 5.97. The number of aromatic nitrogens is 1. The molecule has 4 heteroatoms.